The third kappa shape index (κ3) is 28.9. The molecule has 2 fully saturated rings. The van der Waals surface area contributed by atoms with Crippen LogP contribution in [0.3, 0.4) is 0 Å². The molecule has 14 nitrogen and oxygen atoms in total. The largest absolute Gasteiger partial charge is 0.394 e. The predicted octanol–water partition coefficient (Wildman–Crippen LogP) is 8.95. The Morgan fingerprint density at radius 3 is 1.23 bits per heavy atom. The molecule has 2 aliphatic heterocycles. The Labute approximate surface area is 419 Å². The van der Waals surface area contributed by atoms with Crippen molar-refractivity contribution in [2.45, 2.75) is 325 Å². The van der Waals surface area contributed by atoms with E-state index in [1.54, 1.807) is 0 Å². The molecule has 410 valence electrons. The summed E-state index contributed by atoms with van der Waals surface area (Å²) >= 11 is 0. The average Bonchev–Trinajstić information content (AvgIpc) is 3.35. The number of aliphatic hydroxyl groups excluding tert-OH is 8. The van der Waals surface area contributed by atoms with E-state index >= 15 is 0 Å². The number of ether oxygens (including phenoxy) is 4. The minimum atomic E-state index is -1.78. The quantitative estimate of drug-likeness (QED) is 0.0260. The van der Waals surface area contributed by atoms with Gasteiger partial charge in [0.1, 0.15) is 48.8 Å². The Hall–Kier alpha value is -1.01. The molecule has 0 aromatic carbocycles. The topological polar surface area (TPSA) is 228 Å². The Morgan fingerprint density at radius 2 is 0.826 bits per heavy atom. The molecule has 0 radical (unpaired) electrons. The smallest absolute Gasteiger partial charge is 0.220 e. The summed E-state index contributed by atoms with van der Waals surface area (Å²) in [5, 5.41) is 87.1. The van der Waals surface area contributed by atoms with Crippen molar-refractivity contribution in [2.24, 2.45) is 0 Å². The summed E-state index contributed by atoms with van der Waals surface area (Å²) in [4.78, 5) is 13.2. The van der Waals surface area contributed by atoms with Gasteiger partial charge in [0.15, 0.2) is 12.6 Å². The van der Waals surface area contributed by atoms with Gasteiger partial charge in [0.2, 0.25) is 5.91 Å². The van der Waals surface area contributed by atoms with E-state index in [-0.39, 0.29) is 12.5 Å². The summed E-state index contributed by atoms with van der Waals surface area (Å²) in [6.07, 6.45) is 28.2. The number of hydrogen-bond acceptors (Lipinski definition) is 13. The van der Waals surface area contributed by atoms with Crippen LogP contribution in [-0.4, -0.2) is 140 Å². The maximum atomic E-state index is 13.2. The van der Waals surface area contributed by atoms with Crippen LogP contribution in [0.25, 0.3) is 0 Å². The zero-order valence-electron chi connectivity index (χ0n) is 43.8. The second-order valence-electron chi connectivity index (χ2n) is 20.8. The first kappa shape index (κ1) is 64.1. The van der Waals surface area contributed by atoms with Gasteiger partial charge >= 0.3 is 0 Å². The molecule has 0 spiro atoms. The third-order valence-electron chi connectivity index (χ3n) is 14.6. The molecule has 9 N–H and O–H groups in total. The molecule has 69 heavy (non-hydrogen) atoms. The minimum absolute atomic E-state index is 0.203. The van der Waals surface area contributed by atoms with Gasteiger partial charge in [0.05, 0.1) is 32.0 Å². The van der Waals surface area contributed by atoms with Gasteiger partial charge in [-0.25, -0.2) is 0 Å². The maximum absolute atomic E-state index is 13.2. The van der Waals surface area contributed by atoms with E-state index in [0.717, 1.165) is 51.4 Å². The fourth-order valence-electron chi connectivity index (χ4n) is 9.89. The van der Waals surface area contributed by atoms with E-state index in [0.29, 0.717) is 12.8 Å². The molecular formula is C55H107NO13. The number of rotatable bonds is 46. The van der Waals surface area contributed by atoms with Crippen molar-refractivity contribution in [3.63, 3.8) is 0 Å². The number of hydrogen-bond donors (Lipinski definition) is 9. The van der Waals surface area contributed by atoms with Gasteiger partial charge in [-0.1, -0.05) is 232 Å². The molecule has 2 saturated heterocycles. The van der Waals surface area contributed by atoms with Gasteiger partial charge in [0, 0.05) is 6.42 Å². The highest BCUT2D eigenvalue weighted by molar-refractivity contribution is 5.76. The molecule has 2 heterocycles. The van der Waals surface area contributed by atoms with Crippen LogP contribution < -0.4 is 5.32 Å². The first-order chi connectivity index (χ1) is 33.6. The van der Waals surface area contributed by atoms with E-state index < -0.39 is 86.8 Å². The number of amides is 1. The second-order valence-corrected chi connectivity index (χ2v) is 20.8. The minimum Gasteiger partial charge on any atom is -0.394 e. The Balaban J connectivity index is 1.73. The van der Waals surface area contributed by atoms with Crippen molar-refractivity contribution in [3.8, 4) is 0 Å². The second kappa shape index (κ2) is 42.4. The van der Waals surface area contributed by atoms with Crippen LogP contribution in [0.15, 0.2) is 0 Å². The van der Waals surface area contributed by atoms with Gasteiger partial charge in [0.25, 0.3) is 0 Å². The molecule has 0 aliphatic carbocycles. The lowest BCUT2D eigenvalue weighted by molar-refractivity contribution is -0.359. The lowest BCUT2D eigenvalue weighted by Gasteiger charge is -2.46. The van der Waals surface area contributed by atoms with Gasteiger partial charge in [-0.3, -0.25) is 4.79 Å². The fraction of sp³-hybridized carbons (Fsp3) is 0.982. The van der Waals surface area contributed by atoms with E-state index in [1.165, 1.54) is 173 Å². The van der Waals surface area contributed by atoms with Crippen molar-refractivity contribution < 1.29 is 64.6 Å². The van der Waals surface area contributed by atoms with Crippen LogP contribution in [0.5, 0.6) is 0 Å². The van der Waals surface area contributed by atoms with Crippen LogP contribution in [0.1, 0.15) is 251 Å². The van der Waals surface area contributed by atoms with Gasteiger partial charge < -0.3 is 65.1 Å². The molecule has 0 bridgehead atoms. The van der Waals surface area contributed by atoms with Gasteiger partial charge in [-0.15, -0.1) is 0 Å². The molecule has 0 saturated carbocycles. The number of aliphatic hydroxyl groups is 8. The number of unbranched alkanes of at least 4 members (excludes halogenated alkanes) is 33. The summed E-state index contributed by atoms with van der Waals surface area (Å²) in [6, 6.07) is -0.821. The highest BCUT2D eigenvalue weighted by Crippen LogP contribution is 2.30. The van der Waals surface area contributed by atoms with Gasteiger partial charge in [-0.2, -0.15) is 0 Å². The molecule has 14 heteroatoms. The first-order valence-corrected chi connectivity index (χ1v) is 28.8. The van der Waals surface area contributed by atoms with Crippen molar-refractivity contribution in [3.05, 3.63) is 0 Å². The highest BCUT2D eigenvalue weighted by Gasteiger charge is 2.51. The van der Waals surface area contributed by atoms with E-state index in [1.807, 2.05) is 0 Å². The zero-order valence-corrected chi connectivity index (χ0v) is 43.8. The Kier molecular flexibility index (Phi) is 39.4. The standard InChI is InChI=1S/C55H107NO13/c1-3-5-7-9-11-13-15-17-18-19-20-21-22-23-24-25-26-27-28-30-32-34-36-38-44(59)43(56-47(60)39-37-35-33-31-29-16-14-12-10-8-6-4-2)42-66-54-52(65)50(63)53(46(41-58)68-54)69-55-51(64)49(62)48(61)45(40-57)67-55/h43-46,48-55,57-59,61-65H,3-42H2,1-2H3,(H,56,60). The van der Waals surface area contributed by atoms with Crippen molar-refractivity contribution >= 4 is 5.91 Å². The maximum Gasteiger partial charge on any atom is 0.220 e. The van der Waals surface area contributed by atoms with E-state index in [9.17, 15) is 45.6 Å². The lowest BCUT2D eigenvalue weighted by Crippen LogP contribution is -2.65. The summed E-state index contributed by atoms with van der Waals surface area (Å²) < 4.78 is 22.8. The Morgan fingerprint density at radius 1 is 0.464 bits per heavy atom. The van der Waals surface area contributed by atoms with E-state index in [4.69, 9.17) is 18.9 Å². The molecule has 1 amide bonds. The fourth-order valence-corrected chi connectivity index (χ4v) is 9.89. The van der Waals surface area contributed by atoms with Crippen molar-refractivity contribution in [1.29, 1.82) is 0 Å². The summed E-state index contributed by atoms with van der Waals surface area (Å²) in [5.41, 5.74) is 0. The van der Waals surface area contributed by atoms with Crippen LogP contribution >= 0.6 is 0 Å². The van der Waals surface area contributed by atoms with E-state index in [2.05, 4.69) is 19.2 Å². The SMILES string of the molecule is CCCCCCCCCCCCCCCCCCCCCCCCCC(O)C(COC1OC(CO)C(OC2OC(CO)C(O)C(O)C2O)C(O)C1O)NC(=O)CCCCCCCCCCCCCC. The number of nitrogens with one attached hydrogen (secondary N) is 1. The first-order valence-electron chi connectivity index (χ1n) is 28.8. The van der Waals surface area contributed by atoms with Crippen LogP contribution in [0.2, 0.25) is 0 Å². The average molecular weight is 990 g/mol. The molecule has 12 unspecified atom stereocenters. The predicted molar refractivity (Wildman–Crippen MR) is 272 cm³/mol. The summed E-state index contributed by atoms with van der Waals surface area (Å²) in [6.45, 7) is 2.88. The summed E-state index contributed by atoms with van der Waals surface area (Å²) in [7, 11) is 0. The molecule has 0 aromatic rings. The normalized spacial score (nSPS) is 26.1. The number of carbonyl (C=O) groups excluding carboxylic acids is 1. The molecule has 0 aromatic heterocycles. The van der Waals surface area contributed by atoms with Crippen molar-refractivity contribution in [2.75, 3.05) is 19.8 Å². The Bertz CT molecular complexity index is 1170. The lowest BCUT2D eigenvalue weighted by atomic mass is 9.97. The van der Waals surface area contributed by atoms with Crippen LogP contribution in [0.4, 0.5) is 0 Å². The molecule has 2 rings (SSSR count). The molecular weight excluding hydrogens is 883 g/mol. The highest BCUT2D eigenvalue weighted by atomic mass is 16.7. The third-order valence-corrected chi connectivity index (χ3v) is 14.6. The van der Waals surface area contributed by atoms with Crippen LogP contribution in [-0.2, 0) is 23.7 Å². The zero-order chi connectivity index (χ0) is 50.3. The number of carbonyl (C=O) groups is 1. The summed E-state index contributed by atoms with van der Waals surface area (Å²) in [5.74, 6) is -0.203. The van der Waals surface area contributed by atoms with Crippen LogP contribution in [0, 0.1) is 0 Å². The molecule has 2 aliphatic rings. The van der Waals surface area contributed by atoms with Gasteiger partial charge in [-0.05, 0) is 12.8 Å². The molecule has 12 atom stereocenters. The van der Waals surface area contributed by atoms with Crippen molar-refractivity contribution in [1.82, 2.24) is 5.32 Å². The monoisotopic (exact) mass is 990 g/mol.